The van der Waals surface area contributed by atoms with Crippen LogP contribution in [0.2, 0.25) is 0 Å². The van der Waals surface area contributed by atoms with Crippen molar-refractivity contribution >= 4 is 29.0 Å². The summed E-state index contributed by atoms with van der Waals surface area (Å²) in [6, 6.07) is 9.23. The van der Waals surface area contributed by atoms with E-state index in [1.165, 1.54) is 4.88 Å². The van der Waals surface area contributed by atoms with Crippen molar-refractivity contribution in [3.05, 3.63) is 45.9 Å². The van der Waals surface area contributed by atoms with E-state index < -0.39 is 0 Å². The Labute approximate surface area is 157 Å². The maximum atomic E-state index is 12.6. The molecule has 3 amide bonds. The molecule has 1 aromatic heterocycles. The number of carbonyl (C=O) groups is 2. The smallest absolute Gasteiger partial charge is 0.318 e. The van der Waals surface area contributed by atoms with Gasteiger partial charge in [-0.2, -0.15) is 0 Å². The van der Waals surface area contributed by atoms with Crippen molar-refractivity contribution in [3.8, 4) is 0 Å². The highest BCUT2D eigenvalue weighted by Crippen LogP contribution is 2.25. The van der Waals surface area contributed by atoms with Gasteiger partial charge in [0.15, 0.2) is 0 Å². The molecular weight excluding hydrogens is 348 g/mol. The molecule has 1 aliphatic heterocycles. The molecule has 0 radical (unpaired) electrons. The number of aromatic nitrogens is 1. The number of para-hydroxylation sites is 1. The molecule has 6 nitrogen and oxygen atoms in total. The van der Waals surface area contributed by atoms with Crippen molar-refractivity contribution in [3.63, 3.8) is 0 Å². The Bertz CT molecular complexity index is 771. The van der Waals surface area contributed by atoms with E-state index in [4.69, 9.17) is 0 Å². The highest BCUT2D eigenvalue weighted by atomic mass is 32.1. The highest BCUT2D eigenvalue weighted by molar-refractivity contribution is 7.11. The quantitative estimate of drug-likeness (QED) is 0.896. The maximum absolute atomic E-state index is 12.6. The molecule has 138 valence electrons. The van der Waals surface area contributed by atoms with Gasteiger partial charge in [0.25, 0.3) is 0 Å². The van der Waals surface area contributed by atoms with Crippen LogP contribution in [0.4, 0.5) is 10.5 Å². The zero-order chi connectivity index (χ0) is 18.7. The molecule has 1 fully saturated rings. The SMILES string of the molecule is CC[C@H](NC(=O)N1CCN(c2ccccc2)C(=O)C1)c1nc(C)c(C)s1. The average Bonchev–Trinajstić information content (AvgIpc) is 2.98. The zero-order valence-corrected chi connectivity index (χ0v) is 16.2. The molecule has 0 unspecified atom stereocenters. The Hall–Kier alpha value is -2.41. The summed E-state index contributed by atoms with van der Waals surface area (Å²) in [5, 5.41) is 3.95. The van der Waals surface area contributed by atoms with Gasteiger partial charge in [-0.05, 0) is 32.4 Å². The largest absolute Gasteiger partial charge is 0.329 e. The summed E-state index contributed by atoms with van der Waals surface area (Å²) in [4.78, 5) is 34.2. The second-order valence-corrected chi connectivity index (χ2v) is 7.64. The third-order valence-corrected chi connectivity index (χ3v) is 5.81. The Morgan fingerprint density at radius 2 is 2.00 bits per heavy atom. The van der Waals surface area contributed by atoms with Crippen LogP contribution in [-0.4, -0.2) is 41.5 Å². The fraction of sp³-hybridized carbons (Fsp3) is 0.421. The number of anilines is 1. The van der Waals surface area contributed by atoms with Gasteiger partial charge in [-0.25, -0.2) is 9.78 Å². The van der Waals surface area contributed by atoms with Gasteiger partial charge in [0.1, 0.15) is 11.6 Å². The molecule has 26 heavy (non-hydrogen) atoms. The predicted molar refractivity (Wildman–Crippen MR) is 104 cm³/mol. The van der Waals surface area contributed by atoms with Crippen molar-refractivity contribution in [1.29, 1.82) is 0 Å². The second kappa shape index (κ2) is 7.86. The summed E-state index contributed by atoms with van der Waals surface area (Å²) in [5.41, 5.74) is 1.88. The normalized spacial score (nSPS) is 15.9. The van der Waals surface area contributed by atoms with Gasteiger partial charge in [0, 0.05) is 23.7 Å². The van der Waals surface area contributed by atoms with Crippen molar-refractivity contribution in [1.82, 2.24) is 15.2 Å². The Morgan fingerprint density at radius 1 is 1.27 bits per heavy atom. The molecule has 0 aliphatic carbocycles. The summed E-state index contributed by atoms with van der Waals surface area (Å²) >= 11 is 1.61. The van der Waals surface area contributed by atoms with Crippen LogP contribution >= 0.6 is 11.3 Å². The minimum Gasteiger partial charge on any atom is -0.329 e. The molecule has 1 saturated heterocycles. The molecule has 7 heteroatoms. The number of hydrogen-bond donors (Lipinski definition) is 1. The number of carbonyl (C=O) groups excluding carboxylic acids is 2. The number of nitrogens with one attached hydrogen (secondary N) is 1. The standard InChI is InChI=1S/C19H24N4O2S/c1-4-16(18-20-13(2)14(3)26-18)21-19(25)22-10-11-23(17(24)12-22)15-8-6-5-7-9-15/h5-9,16H,4,10-12H2,1-3H3,(H,21,25)/t16-/m0/s1. The average molecular weight is 372 g/mol. The summed E-state index contributed by atoms with van der Waals surface area (Å²) in [7, 11) is 0. The lowest BCUT2D eigenvalue weighted by molar-refractivity contribution is -0.120. The van der Waals surface area contributed by atoms with Crippen LogP contribution in [0.1, 0.15) is 35.0 Å². The van der Waals surface area contributed by atoms with Crippen molar-refractivity contribution in [2.24, 2.45) is 0 Å². The molecule has 0 saturated carbocycles. The number of benzene rings is 1. The number of aryl methyl sites for hydroxylation is 2. The number of urea groups is 1. The monoisotopic (exact) mass is 372 g/mol. The molecule has 2 aromatic rings. The number of piperazine rings is 1. The third-order valence-electron chi connectivity index (χ3n) is 4.62. The van der Waals surface area contributed by atoms with Gasteiger partial charge in [-0.1, -0.05) is 25.1 Å². The Kier molecular flexibility index (Phi) is 5.56. The summed E-state index contributed by atoms with van der Waals surface area (Å²) in [5.74, 6) is -0.0633. The van der Waals surface area contributed by atoms with Crippen LogP contribution < -0.4 is 10.2 Å². The van der Waals surface area contributed by atoms with Crippen molar-refractivity contribution < 1.29 is 9.59 Å². The first kappa shape index (κ1) is 18.4. The van der Waals surface area contributed by atoms with E-state index >= 15 is 0 Å². The molecule has 1 N–H and O–H groups in total. The van der Waals surface area contributed by atoms with Crippen LogP contribution in [0.5, 0.6) is 0 Å². The lowest BCUT2D eigenvalue weighted by atomic mass is 10.2. The van der Waals surface area contributed by atoms with Crippen molar-refractivity contribution in [2.75, 3.05) is 24.5 Å². The topological polar surface area (TPSA) is 65.5 Å². The maximum Gasteiger partial charge on any atom is 0.318 e. The lowest BCUT2D eigenvalue weighted by Gasteiger charge is -2.35. The van der Waals surface area contributed by atoms with Crippen LogP contribution in [-0.2, 0) is 4.79 Å². The number of amides is 3. The lowest BCUT2D eigenvalue weighted by Crippen LogP contribution is -2.55. The molecular formula is C19H24N4O2S. The van der Waals surface area contributed by atoms with Gasteiger partial charge in [-0.3, -0.25) is 4.79 Å². The van der Waals surface area contributed by atoms with Gasteiger partial charge >= 0.3 is 6.03 Å². The van der Waals surface area contributed by atoms with E-state index in [1.807, 2.05) is 51.1 Å². The molecule has 1 aliphatic rings. The van der Waals surface area contributed by atoms with E-state index in [0.29, 0.717) is 13.1 Å². The number of hydrogen-bond acceptors (Lipinski definition) is 4. The minimum atomic E-state index is -0.205. The van der Waals surface area contributed by atoms with E-state index in [2.05, 4.69) is 10.3 Å². The summed E-state index contributed by atoms with van der Waals surface area (Å²) in [6.45, 7) is 7.14. The van der Waals surface area contributed by atoms with E-state index in [1.54, 1.807) is 21.1 Å². The summed E-state index contributed by atoms with van der Waals surface area (Å²) < 4.78 is 0. The van der Waals surface area contributed by atoms with Crippen LogP contribution in [0, 0.1) is 13.8 Å². The molecule has 0 bridgehead atoms. The van der Waals surface area contributed by atoms with E-state index in [-0.39, 0.29) is 24.5 Å². The molecule has 2 heterocycles. The van der Waals surface area contributed by atoms with Gasteiger partial charge < -0.3 is 15.1 Å². The molecule has 1 atom stereocenters. The summed E-state index contributed by atoms with van der Waals surface area (Å²) in [6.07, 6.45) is 0.760. The van der Waals surface area contributed by atoms with Crippen molar-refractivity contribution in [2.45, 2.75) is 33.2 Å². The van der Waals surface area contributed by atoms with Crippen LogP contribution in [0.25, 0.3) is 0 Å². The first-order valence-corrected chi connectivity index (χ1v) is 9.66. The number of nitrogens with zero attached hydrogens (tertiary/aromatic N) is 3. The minimum absolute atomic E-state index is 0.0633. The van der Waals surface area contributed by atoms with Gasteiger partial charge in [-0.15, -0.1) is 11.3 Å². The van der Waals surface area contributed by atoms with Gasteiger partial charge in [0.2, 0.25) is 5.91 Å². The predicted octanol–water partition coefficient (Wildman–Crippen LogP) is 3.27. The first-order chi connectivity index (χ1) is 12.5. The fourth-order valence-corrected chi connectivity index (χ4v) is 4.01. The zero-order valence-electron chi connectivity index (χ0n) is 15.4. The third kappa shape index (κ3) is 3.88. The van der Waals surface area contributed by atoms with Gasteiger partial charge in [0.05, 0.1) is 11.7 Å². The van der Waals surface area contributed by atoms with E-state index in [0.717, 1.165) is 22.8 Å². The van der Waals surface area contributed by atoms with Crippen LogP contribution in [0.3, 0.4) is 0 Å². The highest BCUT2D eigenvalue weighted by Gasteiger charge is 2.29. The first-order valence-electron chi connectivity index (χ1n) is 8.84. The molecule has 1 aromatic carbocycles. The second-order valence-electron chi connectivity index (χ2n) is 6.41. The Morgan fingerprint density at radius 3 is 2.58 bits per heavy atom. The number of rotatable bonds is 4. The van der Waals surface area contributed by atoms with Crippen LogP contribution in [0.15, 0.2) is 30.3 Å². The fourth-order valence-electron chi connectivity index (χ4n) is 2.95. The molecule has 3 rings (SSSR count). The Balaban J connectivity index is 1.63. The van der Waals surface area contributed by atoms with E-state index in [9.17, 15) is 9.59 Å². The molecule has 0 spiro atoms. The number of thiazole rings is 1.